The summed E-state index contributed by atoms with van der Waals surface area (Å²) in [5.74, 6) is -0.470. The molecule has 1 amide bonds. The standard InChI is InChI=1S/C24H27ClN2O3/c1-4-7-20-23(22(28)12-15(2)30-3)18-11-10-16(24(26)29)13-21(18)27(20)14-17-8-5-6-9-19(17)25/h5-6,8-11,13,15H,4,7,12,14H2,1-3H3,(H2,26,29). The lowest BCUT2D eigenvalue weighted by atomic mass is 9.99. The number of primary amides is 1. The molecular weight excluding hydrogens is 400 g/mol. The zero-order chi connectivity index (χ0) is 21.8. The van der Waals surface area contributed by atoms with E-state index in [9.17, 15) is 9.59 Å². The van der Waals surface area contributed by atoms with Crippen molar-refractivity contribution < 1.29 is 14.3 Å². The molecule has 1 unspecified atom stereocenters. The number of nitrogens with two attached hydrogens (primary N) is 1. The molecule has 1 atom stereocenters. The molecule has 2 N–H and O–H groups in total. The second kappa shape index (κ2) is 9.45. The number of hydrogen-bond acceptors (Lipinski definition) is 3. The maximum absolute atomic E-state index is 13.3. The highest BCUT2D eigenvalue weighted by atomic mass is 35.5. The number of methoxy groups -OCH3 is 1. The molecule has 0 aliphatic rings. The van der Waals surface area contributed by atoms with Crippen LogP contribution in [0.2, 0.25) is 5.02 Å². The normalized spacial score (nSPS) is 12.3. The maximum atomic E-state index is 13.3. The number of ketones is 1. The number of carbonyl (C=O) groups excluding carboxylic acids is 2. The van der Waals surface area contributed by atoms with Crippen molar-refractivity contribution in [3.05, 3.63) is 69.9 Å². The minimum absolute atomic E-state index is 0.0301. The molecule has 0 aliphatic heterocycles. The van der Waals surface area contributed by atoms with Gasteiger partial charge in [0.15, 0.2) is 5.78 Å². The molecule has 3 rings (SSSR count). The van der Waals surface area contributed by atoms with E-state index < -0.39 is 5.91 Å². The molecule has 30 heavy (non-hydrogen) atoms. The van der Waals surface area contributed by atoms with Gasteiger partial charge >= 0.3 is 0 Å². The molecule has 0 saturated carbocycles. The first-order valence-corrected chi connectivity index (χ1v) is 10.5. The van der Waals surface area contributed by atoms with Gasteiger partial charge in [-0.15, -0.1) is 0 Å². The van der Waals surface area contributed by atoms with Crippen LogP contribution in [0.3, 0.4) is 0 Å². The molecule has 0 bridgehead atoms. The van der Waals surface area contributed by atoms with E-state index in [0.29, 0.717) is 22.7 Å². The highest BCUT2D eigenvalue weighted by Gasteiger charge is 2.24. The molecule has 0 radical (unpaired) electrons. The monoisotopic (exact) mass is 426 g/mol. The molecule has 3 aromatic rings. The van der Waals surface area contributed by atoms with E-state index in [2.05, 4.69) is 11.5 Å². The van der Waals surface area contributed by atoms with Crippen LogP contribution in [0, 0.1) is 0 Å². The molecule has 1 heterocycles. The molecule has 0 fully saturated rings. The lowest BCUT2D eigenvalue weighted by molar-refractivity contribution is 0.0792. The quantitative estimate of drug-likeness (QED) is 0.489. The van der Waals surface area contributed by atoms with Crippen LogP contribution in [0.25, 0.3) is 10.9 Å². The molecule has 6 heteroatoms. The van der Waals surface area contributed by atoms with Gasteiger partial charge in [0, 0.05) is 47.3 Å². The number of halogens is 1. The van der Waals surface area contributed by atoms with Gasteiger partial charge in [0.2, 0.25) is 5.91 Å². The van der Waals surface area contributed by atoms with Crippen LogP contribution in [-0.2, 0) is 17.7 Å². The van der Waals surface area contributed by atoms with Gasteiger partial charge in [-0.25, -0.2) is 0 Å². The van der Waals surface area contributed by atoms with E-state index in [0.717, 1.165) is 35.0 Å². The van der Waals surface area contributed by atoms with Gasteiger partial charge in [-0.05, 0) is 37.1 Å². The lowest BCUT2D eigenvalue weighted by Gasteiger charge is -2.14. The van der Waals surface area contributed by atoms with Crippen LogP contribution in [0.4, 0.5) is 0 Å². The molecule has 158 valence electrons. The first-order valence-electron chi connectivity index (χ1n) is 10.1. The highest BCUT2D eigenvalue weighted by molar-refractivity contribution is 6.31. The smallest absolute Gasteiger partial charge is 0.248 e. The summed E-state index contributed by atoms with van der Waals surface area (Å²) in [5, 5.41) is 1.48. The third kappa shape index (κ3) is 4.42. The van der Waals surface area contributed by atoms with Crippen LogP contribution < -0.4 is 5.73 Å². The Morgan fingerprint density at radius 1 is 1.20 bits per heavy atom. The Morgan fingerprint density at radius 3 is 2.57 bits per heavy atom. The summed E-state index contributed by atoms with van der Waals surface area (Å²) in [6, 6.07) is 12.9. The number of rotatable bonds is 9. The number of Topliss-reactive ketones (excluding diaryl/α,β-unsaturated/α-hetero) is 1. The second-order valence-corrected chi connectivity index (χ2v) is 7.93. The van der Waals surface area contributed by atoms with Gasteiger partial charge in [0.05, 0.1) is 11.6 Å². The van der Waals surface area contributed by atoms with E-state index in [1.165, 1.54) is 0 Å². The minimum Gasteiger partial charge on any atom is -0.381 e. The molecular formula is C24H27ClN2O3. The summed E-state index contributed by atoms with van der Waals surface area (Å²) in [7, 11) is 1.60. The van der Waals surface area contributed by atoms with Crippen LogP contribution in [0.5, 0.6) is 0 Å². The van der Waals surface area contributed by atoms with Gasteiger partial charge in [-0.3, -0.25) is 9.59 Å². The van der Waals surface area contributed by atoms with Crippen molar-refractivity contribution in [1.29, 1.82) is 0 Å². The first-order chi connectivity index (χ1) is 14.4. The number of aromatic nitrogens is 1. The van der Waals surface area contributed by atoms with Crippen molar-refractivity contribution in [1.82, 2.24) is 4.57 Å². The third-order valence-corrected chi connectivity index (χ3v) is 5.75. The Kier molecular flexibility index (Phi) is 6.95. The Morgan fingerprint density at radius 2 is 1.93 bits per heavy atom. The van der Waals surface area contributed by atoms with Gasteiger partial charge in [-0.2, -0.15) is 0 Å². The van der Waals surface area contributed by atoms with E-state index in [1.54, 1.807) is 19.2 Å². The molecule has 1 aromatic heterocycles. The summed E-state index contributed by atoms with van der Waals surface area (Å²) in [5.41, 5.74) is 9.33. The van der Waals surface area contributed by atoms with Crippen molar-refractivity contribution in [3.8, 4) is 0 Å². The zero-order valence-electron chi connectivity index (χ0n) is 17.6. The van der Waals surface area contributed by atoms with E-state index in [-0.39, 0.29) is 18.3 Å². The van der Waals surface area contributed by atoms with Crippen molar-refractivity contribution in [2.24, 2.45) is 5.73 Å². The Balaban J connectivity index is 2.26. The minimum atomic E-state index is -0.500. The third-order valence-electron chi connectivity index (χ3n) is 5.38. The van der Waals surface area contributed by atoms with E-state index in [4.69, 9.17) is 22.1 Å². The lowest BCUT2D eigenvalue weighted by Crippen LogP contribution is -2.15. The largest absolute Gasteiger partial charge is 0.381 e. The SMILES string of the molecule is CCCc1c(C(=O)CC(C)OC)c2ccc(C(N)=O)cc2n1Cc1ccccc1Cl. The highest BCUT2D eigenvalue weighted by Crippen LogP contribution is 2.32. The summed E-state index contributed by atoms with van der Waals surface area (Å²) in [6.45, 7) is 4.46. The number of amides is 1. The molecule has 2 aromatic carbocycles. The predicted molar refractivity (Wildman–Crippen MR) is 120 cm³/mol. The predicted octanol–water partition coefficient (Wildman–Crippen LogP) is 5.00. The summed E-state index contributed by atoms with van der Waals surface area (Å²) in [4.78, 5) is 25.1. The molecule has 0 spiro atoms. The Labute approximate surface area is 181 Å². The van der Waals surface area contributed by atoms with Crippen molar-refractivity contribution in [2.75, 3.05) is 7.11 Å². The average Bonchev–Trinajstić information content (AvgIpc) is 3.02. The Hall–Kier alpha value is -2.63. The van der Waals surface area contributed by atoms with Crippen molar-refractivity contribution in [2.45, 2.75) is 45.8 Å². The zero-order valence-corrected chi connectivity index (χ0v) is 18.3. The number of fused-ring (bicyclic) bond motifs is 1. The first kappa shape index (κ1) is 22.1. The fourth-order valence-electron chi connectivity index (χ4n) is 3.79. The van der Waals surface area contributed by atoms with Crippen LogP contribution in [-0.4, -0.2) is 29.5 Å². The van der Waals surface area contributed by atoms with Gasteiger partial charge < -0.3 is 15.0 Å². The van der Waals surface area contributed by atoms with Gasteiger partial charge in [-0.1, -0.05) is 49.2 Å². The fraction of sp³-hybridized carbons (Fsp3) is 0.333. The van der Waals surface area contributed by atoms with Crippen molar-refractivity contribution >= 4 is 34.2 Å². The maximum Gasteiger partial charge on any atom is 0.248 e. The Bertz CT molecular complexity index is 1090. The number of hydrogen-bond donors (Lipinski definition) is 1. The summed E-state index contributed by atoms with van der Waals surface area (Å²) >= 11 is 6.42. The molecule has 0 saturated heterocycles. The molecule has 0 aliphatic carbocycles. The average molecular weight is 427 g/mol. The number of carbonyl (C=O) groups is 2. The van der Waals surface area contributed by atoms with Crippen molar-refractivity contribution in [3.63, 3.8) is 0 Å². The number of nitrogens with zero attached hydrogens (tertiary/aromatic N) is 1. The van der Waals surface area contributed by atoms with Gasteiger partial charge in [0.1, 0.15) is 0 Å². The van der Waals surface area contributed by atoms with Crippen LogP contribution in [0.1, 0.15) is 58.7 Å². The fourth-order valence-corrected chi connectivity index (χ4v) is 3.98. The topological polar surface area (TPSA) is 74.3 Å². The van der Waals surface area contributed by atoms with Crippen LogP contribution in [0.15, 0.2) is 42.5 Å². The van der Waals surface area contributed by atoms with Gasteiger partial charge in [0.25, 0.3) is 0 Å². The summed E-state index contributed by atoms with van der Waals surface area (Å²) in [6.07, 6.45) is 1.71. The molecule has 5 nitrogen and oxygen atoms in total. The second-order valence-electron chi connectivity index (χ2n) is 7.52. The number of benzene rings is 2. The van der Waals surface area contributed by atoms with E-state index >= 15 is 0 Å². The van der Waals surface area contributed by atoms with E-state index in [1.807, 2.05) is 37.3 Å². The summed E-state index contributed by atoms with van der Waals surface area (Å²) < 4.78 is 7.41. The number of ether oxygens (including phenoxy) is 1. The van der Waals surface area contributed by atoms with Crippen LogP contribution >= 0.6 is 11.6 Å².